The molecule has 0 aromatic rings. The Hall–Kier alpha value is -0.410. The van der Waals surface area contributed by atoms with Gasteiger partial charge in [0.05, 0.1) is 12.7 Å². The minimum atomic E-state index is 0.312. The van der Waals surface area contributed by atoms with E-state index in [0.29, 0.717) is 23.8 Å². The zero-order valence-corrected chi connectivity index (χ0v) is 11.3. The first-order valence-electron chi connectivity index (χ1n) is 7.73. The predicted molar refractivity (Wildman–Crippen MR) is 70.5 cm³/mol. The first kappa shape index (κ1) is 12.6. The second-order valence-electron chi connectivity index (χ2n) is 6.17. The van der Waals surface area contributed by atoms with Crippen LogP contribution in [0.5, 0.6) is 0 Å². The lowest BCUT2D eigenvalue weighted by Crippen LogP contribution is -2.50. The molecule has 0 aromatic heterocycles. The molecule has 1 saturated heterocycles. The van der Waals surface area contributed by atoms with E-state index in [1.165, 1.54) is 32.1 Å². The first-order chi connectivity index (χ1) is 8.84. The second kappa shape index (κ2) is 5.70. The number of nitrogens with zero attached hydrogens (tertiary/aromatic N) is 1. The third-order valence-corrected chi connectivity index (χ3v) is 4.98. The molecule has 102 valence electrons. The molecule has 3 rings (SSSR count). The van der Waals surface area contributed by atoms with Gasteiger partial charge >= 0.3 is 0 Å². The van der Waals surface area contributed by atoms with Crippen LogP contribution in [0.1, 0.15) is 51.4 Å². The summed E-state index contributed by atoms with van der Waals surface area (Å²) in [6.07, 6.45) is 9.79. The van der Waals surface area contributed by atoms with Gasteiger partial charge in [0.1, 0.15) is 5.78 Å². The number of carbonyl (C=O) groups excluding carboxylic acids is 1. The second-order valence-corrected chi connectivity index (χ2v) is 6.17. The van der Waals surface area contributed by atoms with Crippen LogP contribution in [0.2, 0.25) is 0 Å². The van der Waals surface area contributed by atoms with Crippen molar-refractivity contribution in [2.75, 3.05) is 19.7 Å². The van der Waals surface area contributed by atoms with Crippen LogP contribution >= 0.6 is 0 Å². The molecular formula is C15H25NO2. The zero-order valence-electron chi connectivity index (χ0n) is 11.3. The number of ketones is 1. The van der Waals surface area contributed by atoms with Crippen molar-refractivity contribution in [3.63, 3.8) is 0 Å². The summed E-state index contributed by atoms with van der Waals surface area (Å²) in [6.45, 7) is 2.90. The van der Waals surface area contributed by atoms with E-state index in [1.54, 1.807) is 0 Å². The number of rotatable bonds is 2. The standard InChI is InChI=1S/C15H25NO2/c17-14-7-3-1-2-5-12(14)11-16-9-10-18-15-8-4-6-13(15)16/h12-13,15H,1-11H2. The van der Waals surface area contributed by atoms with Crippen molar-refractivity contribution in [3.8, 4) is 0 Å². The molecule has 3 nitrogen and oxygen atoms in total. The van der Waals surface area contributed by atoms with E-state index in [9.17, 15) is 4.79 Å². The molecule has 0 amide bonds. The highest BCUT2D eigenvalue weighted by molar-refractivity contribution is 5.81. The van der Waals surface area contributed by atoms with Gasteiger partial charge in [-0.3, -0.25) is 9.69 Å². The van der Waals surface area contributed by atoms with Gasteiger partial charge in [-0.1, -0.05) is 12.8 Å². The van der Waals surface area contributed by atoms with Crippen molar-refractivity contribution < 1.29 is 9.53 Å². The fourth-order valence-corrected chi connectivity index (χ4v) is 3.94. The Bertz CT molecular complexity index is 305. The third-order valence-electron chi connectivity index (χ3n) is 4.98. The summed E-state index contributed by atoms with van der Waals surface area (Å²) in [7, 11) is 0. The highest BCUT2D eigenvalue weighted by Gasteiger charge is 2.37. The number of fused-ring (bicyclic) bond motifs is 1. The van der Waals surface area contributed by atoms with Crippen LogP contribution in [-0.2, 0) is 9.53 Å². The molecule has 0 N–H and O–H groups in total. The number of carbonyl (C=O) groups is 1. The van der Waals surface area contributed by atoms with Crippen molar-refractivity contribution in [3.05, 3.63) is 0 Å². The van der Waals surface area contributed by atoms with Gasteiger partial charge in [0.25, 0.3) is 0 Å². The summed E-state index contributed by atoms with van der Waals surface area (Å²) in [6, 6.07) is 0.606. The van der Waals surface area contributed by atoms with Gasteiger partial charge in [0.2, 0.25) is 0 Å². The maximum atomic E-state index is 12.1. The molecule has 0 spiro atoms. The predicted octanol–water partition coefficient (Wildman–Crippen LogP) is 2.39. The topological polar surface area (TPSA) is 29.5 Å². The summed E-state index contributed by atoms with van der Waals surface area (Å²) in [5.41, 5.74) is 0. The van der Waals surface area contributed by atoms with Crippen LogP contribution in [-0.4, -0.2) is 42.5 Å². The number of hydrogen-bond donors (Lipinski definition) is 0. The van der Waals surface area contributed by atoms with Gasteiger partial charge in [0.15, 0.2) is 0 Å². The van der Waals surface area contributed by atoms with Crippen LogP contribution < -0.4 is 0 Å². The SMILES string of the molecule is O=C1CCCCCC1CN1CCOC2CCCC21. The fourth-order valence-electron chi connectivity index (χ4n) is 3.94. The molecule has 0 bridgehead atoms. The van der Waals surface area contributed by atoms with Crippen molar-refractivity contribution in [2.45, 2.75) is 63.5 Å². The minimum Gasteiger partial charge on any atom is -0.375 e. The Labute approximate surface area is 110 Å². The Balaban J connectivity index is 1.61. The van der Waals surface area contributed by atoms with E-state index in [4.69, 9.17) is 4.74 Å². The summed E-state index contributed by atoms with van der Waals surface area (Å²) in [5.74, 6) is 0.834. The molecule has 2 aliphatic carbocycles. The van der Waals surface area contributed by atoms with Crippen LogP contribution in [0, 0.1) is 5.92 Å². The fraction of sp³-hybridized carbons (Fsp3) is 0.933. The molecule has 3 atom stereocenters. The zero-order chi connectivity index (χ0) is 12.4. The van der Waals surface area contributed by atoms with E-state index < -0.39 is 0 Å². The monoisotopic (exact) mass is 251 g/mol. The van der Waals surface area contributed by atoms with Crippen molar-refractivity contribution in [2.24, 2.45) is 5.92 Å². The molecule has 0 radical (unpaired) electrons. The van der Waals surface area contributed by atoms with Gasteiger partial charge in [-0.2, -0.15) is 0 Å². The molecule has 3 unspecified atom stereocenters. The van der Waals surface area contributed by atoms with Crippen molar-refractivity contribution >= 4 is 5.78 Å². The van der Waals surface area contributed by atoms with Gasteiger partial charge in [-0.15, -0.1) is 0 Å². The van der Waals surface area contributed by atoms with E-state index in [-0.39, 0.29) is 0 Å². The Morgan fingerprint density at radius 3 is 3.00 bits per heavy atom. The lowest BCUT2D eigenvalue weighted by molar-refractivity contribution is -0.125. The van der Waals surface area contributed by atoms with Crippen LogP contribution in [0.3, 0.4) is 0 Å². The van der Waals surface area contributed by atoms with Crippen molar-refractivity contribution in [1.29, 1.82) is 0 Å². The number of Topliss-reactive ketones (excluding diaryl/α,β-unsaturated/α-hetero) is 1. The van der Waals surface area contributed by atoms with E-state index in [1.807, 2.05) is 0 Å². The first-order valence-corrected chi connectivity index (χ1v) is 7.73. The number of morpholine rings is 1. The average Bonchev–Trinajstić information content (AvgIpc) is 2.77. The van der Waals surface area contributed by atoms with Gasteiger partial charge in [-0.05, 0) is 32.1 Å². The molecule has 2 saturated carbocycles. The molecule has 18 heavy (non-hydrogen) atoms. The quantitative estimate of drug-likeness (QED) is 0.706. The normalized spacial score (nSPS) is 38.4. The summed E-state index contributed by atoms with van der Waals surface area (Å²) < 4.78 is 5.85. The molecule has 1 aliphatic heterocycles. The molecule has 3 fully saturated rings. The van der Waals surface area contributed by atoms with Crippen LogP contribution in [0.15, 0.2) is 0 Å². The lowest BCUT2D eigenvalue weighted by Gasteiger charge is -2.39. The van der Waals surface area contributed by atoms with Crippen LogP contribution in [0.25, 0.3) is 0 Å². The van der Waals surface area contributed by atoms with Gasteiger partial charge in [-0.25, -0.2) is 0 Å². The lowest BCUT2D eigenvalue weighted by atomic mass is 9.96. The Morgan fingerprint density at radius 1 is 1.11 bits per heavy atom. The van der Waals surface area contributed by atoms with Gasteiger partial charge < -0.3 is 4.74 Å². The highest BCUT2D eigenvalue weighted by atomic mass is 16.5. The van der Waals surface area contributed by atoms with Gasteiger partial charge in [0, 0.05) is 31.5 Å². The largest absolute Gasteiger partial charge is 0.375 e. The minimum absolute atomic E-state index is 0.312. The maximum Gasteiger partial charge on any atom is 0.137 e. The van der Waals surface area contributed by atoms with E-state index >= 15 is 0 Å². The van der Waals surface area contributed by atoms with E-state index in [2.05, 4.69) is 4.90 Å². The molecule has 3 aliphatic rings. The Morgan fingerprint density at radius 2 is 2.06 bits per heavy atom. The summed E-state index contributed by atoms with van der Waals surface area (Å²) in [4.78, 5) is 14.7. The smallest absolute Gasteiger partial charge is 0.137 e. The third kappa shape index (κ3) is 2.62. The summed E-state index contributed by atoms with van der Waals surface area (Å²) in [5, 5.41) is 0. The van der Waals surface area contributed by atoms with Crippen LogP contribution in [0.4, 0.5) is 0 Å². The van der Waals surface area contributed by atoms with E-state index in [0.717, 1.165) is 39.0 Å². The Kier molecular flexibility index (Phi) is 4.00. The molecular weight excluding hydrogens is 226 g/mol. The van der Waals surface area contributed by atoms with Crippen molar-refractivity contribution in [1.82, 2.24) is 4.90 Å². The molecule has 1 heterocycles. The summed E-state index contributed by atoms with van der Waals surface area (Å²) >= 11 is 0. The number of ether oxygens (including phenoxy) is 1. The highest BCUT2D eigenvalue weighted by Crippen LogP contribution is 2.31. The average molecular weight is 251 g/mol. The number of hydrogen-bond acceptors (Lipinski definition) is 3. The maximum absolute atomic E-state index is 12.1. The molecule has 3 heteroatoms. The molecule has 0 aromatic carbocycles.